The molecule has 4 unspecified atom stereocenters. The standard InChI is InChI=1S/C9H12O2/c1-9-4-5-2-3-6(7(5)9)11-8(9)10/h5-7H,2-4H2,1H3. The second-order valence-corrected chi connectivity index (χ2v) is 4.43. The van der Waals surface area contributed by atoms with Crippen LogP contribution < -0.4 is 0 Å². The van der Waals surface area contributed by atoms with Gasteiger partial charge >= 0.3 is 5.97 Å². The maximum absolute atomic E-state index is 11.3. The van der Waals surface area contributed by atoms with Crippen molar-refractivity contribution in [3.8, 4) is 0 Å². The smallest absolute Gasteiger partial charge is 0.312 e. The molecule has 4 atom stereocenters. The van der Waals surface area contributed by atoms with Gasteiger partial charge in [0.1, 0.15) is 6.10 Å². The molecule has 0 aromatic heterocycles. The SMILES string of the molecule is CC12CC3CCC(OC1=O)C32. The monoisotopic (exact) mass is 152 g/mol. The molecule has 2 saturated carbocycles. The minimum absolute atomic E-state index is 0.0637. The Labute approximate surface area is 65.9 Å². The van der Waals surface area contributed by atoms with Gasteiger partial charge in [-0.15, -0.1) is 0 Å². The lowest BCUT2D eigenvalue weighted by Gasteiger charge is -2.42. The van der Waals surface area contributed by atoms with E-state index in [0.29, 0.717) is 12.0 Å². The Morgan fingerprint density at radius 2 is 2.36 bits per heavy atom. The van der Waals surface area contributed by atoms with E-state index in [0.717, 1.165) is 18.8 Å². The topological polar surface area (TPSA) is 26.3 Å². The van der Waals surface area contributed by atoms with Crippen molar-refractivity contribution in [3.05, 3.63) is 0 Å². The number of esters is 1. The summed E-state index contributed by atoms with van der Waals surface area (Å²) >= 11 is 0. The first kappa shape index (κ1) is 6.04. The van der Waals surface area contributed by atoms with Crippen LogP contribution in [-0.4, -0.2) is 12.1 Å². The molecule has 2 aliphatic carbocycles. The summed E-state index contributed by atoms with van der Waals surface area (Å²) in [6.07, 6.45) is 3.80. The molecule has 2 heteroatoms. The molecule has 1 aliphatic heterocycles. The van der Waals surface area contributed by atoms with Gasteiger partial charge in [-0.25, -0.2) is 0 Å². The van der Waals surface area contributed by atoms with Crippen molar-refractivity contribution in [1.29, 1.82) is 0 Å². The lowest BCUT2D eigenvalue weighted by atomic mass is 9.57. The average molecular weight is 152 g/mol. The van der Waals surface area contributed by atoms with Gasteiger partial charge in [-0.05, 0) is 32.1 Å². The van der Waals surface area contributed by atoms with Crippen LogP contribution in [-0.2, 0) is 9.53 Å². The summed E-state index contributed by atoms with van der Waals surface area (Å²) in [5.41, 5.74) is -0.0637. The molecule has 3 aliphatic rings. The Kier molecular flexibility index (Phi) is 0.809. The summed E-state index contributed by atoms with van der Waals surface area (Å²) in [5, 5.41) is 0. The molecule has 0 radical (unpaired) electrons. The Bertz CT molecular complexity index is 236. The molecule has 2 nitrogen and oxygen atoms in total. The molecule has 0 aromatic carbocycles. The molecule has 0 aromatic rings. The van der Waals surface area contributed by atoms with Gasteiger partial charge in [0.2, 0.25) is 0 Å². The summed E-state index contributed by atoms with van der Waals surface area (Å²) in [6.45, 7) is 2.07. The van der Waals surface area contributed by atoms with Crippen molar-refractivity contribution >= 4 is 5.97 Å². The largest absolute Gasteiger partial charge is 0.462 e. The second-order valence-electron chi connectivity index (χ2n) is 4.43. The predicted octanol–water partition coefficient (Wildman–Crippen LogP) is 1.35. The van der Waals surface area contributed by atoms with E-state index >= 15 is 0 Å². The Balaban J connectivity index is 2.04. The molecule has 60 valence electrons. The second kappa shape index (κ2) is 1.47. The normalized spacial score (nSPS) is 58.6. The Hall–Kier alpha value is -0.530. The van der Waals surface area contributed by atoms with E-state index in [2.05, 4.69) is 6.92 Å². The quantitative estimate of drug-likeness (QED) is 0.490. The molecule has 1 saturated heterocycles. The van der Waals surface area contributed by atoms with Crippen molar-refractivity contribution in [2.45, 2.75) is 32.3 Å². The molecule has 3 rings (SSSR count). The van der Waals surface area contributed by atoms with E-state index in [1.54, 1.807) is 0 Å². The third kappa shape index (κ3) is 0.472. The van der Waals surface area contributed by atoms with Gasteiger partial charge in [0.25, 0.3) is 0 Å². The molecular formula is C9H12O2. The lowest BCUT2D eigenvalue weighted by Crippen LogP contribution is -2.45. The van der Waals surface area contributed by atoms with Crippen LogP contribution in [0.15, 0.2) is 0 Å². The zero-order chi connectivity index (χ0) is 7.64. The summed E-state index contributed by atoms with van der Waals surface area (Å²) in [7, 11) is 0. The predicted molar refractivity (Wildman–Crippen MR) is 38.8 cm³/mol. The van der Waals surface area contributed by atoms with E-state index in [-0.39, 0.29) is 11.4 Å². The minimum atomic E-state index is -0.0637. The van der Waals surface area contributed by atoms with Crippen molar-refractivity contribution < 1.29 is 9.53 Å². The maximum Gasteiger partial charge on any atom is 0.312 e. The fourth-order valence-electron chi connectivity index (χ4n) is 3.34. The van der Waals surface area contributed by atoms with E-state index in [9.17, 15) is 4.79 Å². The third-order valence-corrected chi connectivity index (χ3v) is 3.88. The first-order valence-electron chi connectivity index (χ1n) is 4.43. The molecule has 0 amide bonds. The van der Waals surface area contributed by atoms with Crippen LogP contribution >= 0.6 is 0 Å². The Morgan fingerprint density at radius 1 is 1.55 bits per heavy atom. The summed E-state index contributed by atoms with van der Waals surface area (Å²) in [6, 6.07) is 0. The summed E-state index contributed by atoms with van der Waals surface area (Å²) in [4.78, 5) is 11.3. The van der Waals surface area contributed by atoms with Crippen LogP contribution in [0.3, 0.4) is 0 Å². The first-order chi connectivity index (χ1) is 5.22. The van der Waals surface area contributed by atoms with E-state index < -0.39 is 0 Å². The fourth-order valence-corrected chi connectivity index (χ4v) is 3.34. The van der Waals surface area contributed by atoms with Crippen molar-refractivity contribution in [2.24, 2.45) is 17.3 Å². The first-order valence-corrected chi connectivity index (χ1v) is 4.43. The zero-order valence-electron chi connectivity index (χ0n) is 6.67. The maximum atomic E-state index is 11.3. The van der Waals surface area contributed by atoms with E-state index in [1.165, 1.54) is 6.42 Å². The summed E-state index contributed by atoms with van der Waals surface area (Å²) in [5.74, 6) is 1.48. The van der Waals surface area contributed by atoms with Crippen molar-refractivity contribution in [2.75, 3.05) is 0 Å². The number of hydrogen-bond donors (Lipinski definition) is 0. The van der Waals surface area contributed by atoms with Crippen LogP contribution in [0.2, 0.25) is 0 Å². The van der Waals surface area contributed by atoms with E-state index in [1.807, 2.05) is 0 Å². The molecule has 0 spiro atoms. The van der Waals surface area contributed by atoms with Crippen molar-refractivity contribution in [1.82, 2.24) is 0 Å². The van der Waals surface area contributed by atoms with Gasteiger partial charge in [-0.1, -0.05) is 0 Å². The van der Waals surface area contributed by atoms with Crippen LogP contribution in [0.4, 0.5) is 0 Å². The number of carbonyl (C=O) groups is 1. The Morgan fingerprint density at radius 3 is 3.09 bits per heavy atom. The van der Waals surface area contributed by atoms with Gasteiger partial charge in [0.05, 0.1) is 5.41 Å². The number of ether oxygens (including phenoxy) is 1. The fraction of sp³-hybridized carbons (Fsp3) is 0.889. The lowest BCUT2D eigenvalue weighted by molar-refractivity contribution is -0.152. The molecule has 0 N–H and O–H groups in total. The van der Waals surface area contributed by atoms with Gasteiger partial charge in [0, 0.05) is 5.92 Å². The highest BCUT2D eigenvalue weighted by molar-refractivity contribution is 5.81. The average Bonchev–Trinajstić information content (AvgIpc) is 2.31. The number of hydrogen-bond acceptors (Lipinski definition) is 2. The zero-order valence-corrected chi connectivity index (χ0v) is 6.67. The highest BCUT2D eigenvalue weighted by Gasteiger charge is 2.67. The molecule has 11 heavy (non-hydrogen) atoms. The van der Waals surface area contributed by atoms with Gasteiger partial charge in [0.15, 0.2) is 0 Å². The molecule has 1 heterocycles. The molecule has 3 fully saturated rings. The highest BCUT2D eigenvalue weighted by atomic mass is 16.6. The van der Waals surface area contributed by atoms with Crippen molar-refractivity contribution in [3.63, 3.8) is 0 Å². The molecular weight excluding hydrogens is 140 g/mol. The molecule has 0 bridgehead atoms. The highest BCUT2D eigenvalue weighted by Crippen LogP contribution is 2.64. The number of rotatable bonds is 0. The summed E-state index contributed by atoms with van der Waals surface area (Å²) < 4.78 is 5.30. The van der Waals surface area contributed by atoms with Gasteiger partial charge in [-0.2, -0.15) is 0 Å². The van der Waals surface area contributed by atoms with E-state index in [4.69, 9.17) is 4.74 Å². The van der Waals surface area contributed by atoms with Gasteiger partial charge in [-0.3, -0.25) is 4.79 Å². The van der Waals surface area contributed by atoms with Crippen LogP contribution in [0, 0.1) is 17.3 Å². The third-order valence-electron chi connectivity index (χ3n) is 3.88. The van der Waals surface area contributed by atoms with Crippen LogP contribution in [0.1, 0.15) is 26.2 Å². The van der Waals surface area contributed by atoms with Crippen LogP contribution in [0.5, 0.6) is 0 Å². The number of carbonyl (C=O) groups excluding carboxylic acids is 1. The minimum Gasteiger partial charge on any atom is -0.462 e. The van der Waals surface area contributed by atoms with Gasteiger partial charge < -0.3 is 4.74 Å². The van der Waals surface area contributed by atoms with Crippen LogP contribution in [0.25, 0.3) is 0 Å².